The second-order valence-electron chi connectivity index (χ2n) is 6.89. The van der Waals surface area contributed by atoms with Gasteiger partial charge in [-0.05, 0) is 62.5 Å². The third kappa shape index (κ3) is 7.65. The fourth-order valence-electron chi connectivity index (χ4n) is 2.87. The number of benzene rings is 1. The second-order valence-corrected chi connectivity index (χ2v) is 8.66. The van der Waals surface area contributed by atoms with Gasteiger partial charge in [0.25, 0.3) is 0 Å². The molecule has 3 N–H and O–H groups in total. The summed E-state index contributed by atoms with van der Waals surface area (Å²) >= 11 is 0. The van der Waals surface area contributed by atoms with Gasteiger partial charge in [-0.1, -0.05) is 6.92 Å². The van der Waals surface area contributed by atoms with Crippen LogP contribution in [0.4, 0.5) is 0 Å². The van der Waals surface area contributed by atoms with Gasteiger partial charge in [0.1, 0.15) is 5.75 Å². The number of amides is 1. The molecule has 1 heterocycles. The Hall–Kier alpha value is -1.35. The minimum Gasteiger partial charge on any atom is -0.494 e. The van der Waals surface area contributed by atoms with Gasteiger partial charge in [0.15, 0.2) is 0 Å². The van der Waals surface area contributed by atoms with Crippen molar-refractivity contribution in [2.24, 2.45) is 5.41 Å². The van der Waals surface area contributed by atoms with Gasteiger partial charge in [0, 0.05) is 19.5 Å². The number of ether oxygens (including phenoxy) is 1. The van der Waals surface area contributed by atoms with Crippen LogP contribution < -0.4 is 20.1 Å². The van der Waals surface area contributed by atoms with Crippen LogP contribution in [0.1, 0.15) is 33.1 Å². The Balaban J connectivity index is 0.00000364. The number of hydrogen-bond acceptors (Lipinski definition) is 5. The smallest absolute Gasteiger partial charge is 0.240 e. The summed E-state index contributed by atoms with van der Waals surface area (Å²) in [4.78, 5) is 12.1. The lowest BCUT2D eigenvalue weighted by molar-refractivity contribution is -0.121. The molecule has 1 aliphatic rings. The number of carbonyl (C=O) groups is 1. The molecule has 7 nitrogen and oxygen atoms in total. The molecule has 0 unspecified atom stereocenters. The summed E-state index contributed by atoms with van der Waals surface area (Å²) in [6, 6.07) is 6.21. The normalized spacial score (nSPS) is 16.2. The molecule has 1 amide bonds. The summed E-state index contributed by atoms with van der Waals surface area (Å²) in [6.07, 6.45) is 2.17. The Morgan fingerprint density at radius 2 is 1.85 bits per heavy atom. The molecule has 1 aromatic carbocycles. The van der Waals surface area contributed by atoms with Gasteiger partial charge in [-0.25, -0.2) is 13.1 Å². The first kappa shape index (κ1) is 23.7. The van der Waals surface area contributed by atoms with E-state index in [1.807, 2.05) is 6.92 Å². The third-order valence-electron chi connectivity index (χ3n) is 4.61. The van der Waals surface area contributed by atoms with E-state index >= 15 is 0 Å². The van der Waals surface area contributed by atoms with E-state index in [9.17, 15) is 13.2 Å². The first-order chi connectivity index (χ1) is 12.3. The van der Waals surface area contributed by atoms with Crippen molar-refractivity contribution in [2.45, 2.75) is 38.0 Å². The number of nitrogens with one attached hydrogen (secondary N) is 3. The minimum atomic E-state index is -3.63. The van der Waals surface area contributed by atoms with E-state index in [1.54, 1.807) is 12.1 Å². The predicted octanol–water partition coefficient (Wildman–Crippen LogP) is 1.68. The zero-order valence-corrected chi connectivity index (χ0v) is 17.5. The molecule has 0 bridgehead atoms. The largest absolute Gasteiger partial charge is 0.494 e. The molecule has 27 heavy (non-hydrogen) atoms. The zero-order chi connectivity index (χ0) is 19.0. The molecule has 1 aromatic rings. The van der Waals surface area contributed by atoms with Gasteiger partial charge in [-0.3, -0.25) is 4.79 Å². The summed E-state index contributed by atoms with van der Waals surface area (Å²) in [6.45, 7) is 7.18. The van der Waals surface area contributed by atoms with Crippen molar-refractivity contribution >= 4 is 28.3 Å². The molecule has 1 saturated heterocycles. The lowest BCUT2D eigenvalue weighted by Gasteiger charge is -2.34. The highest BCUT2D eigenvalue weighted by molar-refractivity contribution is 7.89. The summed E-state index contributed by atoms with van der Waals surface area (Å²) in [5.41, 5.74) is 0.114. The summed E-state index contributed by atoms with van der Waals surface area (Å²) in [5, 5.41) is 6.23. The summed E-state index contributed by atoms with van der Waals surface area (Å²) in [5.74, 6) is 0.483. The summed E-state index contributed by atoms with van der Waals surface area (Å²) < 4.78 is 32.3. The van der Waals surface area contributed by atoms with Crippen molar-refractivity contribution < 1.29 is 17.9 Å². The van der Waals surface area contributed by atoms with Gasteiger partial charge in [-0.15, -0.1) is 12.4 Å². The molecular formula is C18H30ClN3O4S. The third-order valence-corrected chi connectivity index (χ3v) is 6.09. The number of hydrogen-bond donors (Lipinski definition) is 3. The molecule has 0 aliphatic carbocycles. The van der Waals surface area contributed by atoms with Gasteiger partial charge in [-0.2, -0.15) is 0 Å². The molecule has 9 heteroatoms. The average molecular weight is 420 g/mol. The van der Waals surface area contributed by atoms with Gasteiger partial charge < -0.3 is 15.4 Å². The number of carbonyl (C=O) groups excluding carboxylic acids is 1. The monoisotopic (exact) mass is 419 g/mol. The highest BCUT2D eigenvalue weighted by atomic mass is 35.5. The predicted molar refractivity (Wildman–Crippen MR) is 108 cm³/mol. The van der Waals surface area contributed by atoms with Crippen LogP contribution in [0.3, 0.4) is 0 Å². The number of halogens is 1. The van der Waals surface area contributed by atoms with E-state index in [0.717, 1.165) is 25.9 Å². The van der Waals surface area contributed by atoms with Crippen molar-refractivity contribution in [2.75, 3.05) is 32.8 Å². The Morgan fingerprint density at radius 3 is 2.44 bits per heavy atom. The maximum Gasteiger partial charge on any atom is 0.240 e. The SMILES string of the molecule is CCOc1ccc(S(=O)(=O)NCCC(=O)NCC2(C)CCNCC2)cc1.Cl. The van der Waals surface area contributed by atoms with Crippen LogP contribution in [0.15, 0.2) is 29.2 Å². The maximum atomic E-state index is 12.2. The maximum absolute atomic E-state index is 12.2. The molecule has 0 saturated carbocycles. The topological polar surface area (TPSA) is 96.5 Å². The van der Waals surface area contributed by atoms with Crippen LogP contribution >= 0.6 is 12.4 Å². The van der Waals surface area contributed by atoms with Crippen LogP contribution in [0.2, 0.25) is 0 Å². The molecule has 0 atom stereocenters. The fraction of sp³-hybridized carbons (Fsp3) is 0.611. The zero-order valence-electron chi connectivity index (χ0n) is 15.9. The van der Waals surface area contributed by atoms with Crippen molar-refractivity contribution in [3.05, 3.63) is 24.3 Å². The molecule has 0 aromatic heterocycles. The van der Waals surface area contributed by atoms with Gasteiger partial charge in [0.05, 0.1) is 11.5 Å². The van der Waals surface area contributed by atoms with Crippen LogP contribution in [-0.4, -0.2) is 47.1 Å². The standard InChI is InChI=1S/C18H29N3O4S.ClH/c1-3-25-15-4-6-16(7-5-15)26(23,24)21-11-8-17(22)20-14-18(2)9-12-19-13-10-18;/h4-7,19,21H,3,8-14H2,1-2H3,(H,20,22);1H. The fourth-order valence-corrected chi connectivity index (χ4v) is 3.90. The quantitative estimate of drug-likeness (QED) is 0.566. The molecule has 1 fully saturated rings. The van der Waals surface area contributed by atoms with Crippen molar-refractivity contribution in [1.82, 2.24) is 15.4 Å². The Kier molecular flexibility index (Phi) is 9.52. The first-order valence-electron chi connectivity index (χ1n) is 9.05. The highest BCUT2D eigenvalue weighted by Crippen LogP contribution is 2.26. The van der Waals surface area contributed by atoms with Crippen molar-refractivity contribution in [3.63, 3.8) is 0 Å². The van der Waals surface area contributed by atoms with Crippen molar-refractivity contribution in [1.29, 1.82) is 0 Å². The Morgan fingerprint density at radius 1 is 1.22 bits per heavy atom. The highest BCUT2D eigenvalue weighted by Gasteiger charge is 2.26. The van der Waals surface area contributed by atoms with Crippen LogP contribution in [0.25, 0.3) is 0 Å². The van der Waals surface area contributed by atoms with E-state index in [-0.39, 0.29) is 41.6 Å². The first-order valence-corrected chi connectivity index (χ1v) is 10.5. The lowest BCUT2D eigenvalue weighted by Crippen LogP contribution is -2.43. The van der Waals surface area contributed by atoms with E-state index in [4.69, 9.17) is 4.74 Å². The van der Waals surface area contributed by atoms with Crippen LogP contribution in [0, 0.1) is 5.41 Å². The van der Waals surface area contributed by atoms with Gasteiger partial charge >= 0.3 is 0 Å². The van der Waals surface area contributed by atoms with E-state index < -0.39 is 10.0 Å². The molecule has 154 valence electrons. The van der Waals surface area contributed by atoms with Crippen molar-refractivity contribution in [3.8, 4) is 5.75 Å². The molecule has 1 aliphatic heterocycles. The Labute approximate surface area is 168 Å². The van der Waals surface area contributed by atoms with E-state index in [1.165, 1.54) is 12.1 Å². The number of rotatable bonds is 9. The second kappa shape index (κ2) is 10.8. The molecular weight excluding hydrogens is 390 g/mol. The number of piperidine rings is 1. The molecule has 2 rings (SSSR count). The minimum absolute atomic E-state index is 0. The van der Waals surface area contributed by atoms with Crippen LogP contribution in [-0.2, 0) is 14.8 Å². The lowest BCUT2D eigenvalue weighted by atomic mass is 9.81. The average Bonchev–Trinajstić information content (AvgIpc) is 2.61. The summed E-state index contributed by atoms with van der Waals surface area (Å²) in [7, 11) is -3.63. The Bertz CT molecular complexity index is 689. The van der Waals surface area contributed by atoms with E-state index in [2.05, 4.69) is 22.3 Å². The molecule has 0 radical (unpaired) electrons. The molecule has 0 spiro atoms. The van der Waals surface area contributed by atoms with E-state index in [0.29, 0.717) is 18.9 Å². The van der Waals surface area contributed by atoms with Crippen LogP contribution in [0.5, 0.6) is 5.75 Å². The number of sulfonamides is 1. The van der Waals surface area contributed by atoms with Gasteiger partial charge in [0.2, 0.25) is 15.9 Å².